The molecule has 1 aliphatic rings. The van der Waals surface area contributed by atoms with Gasteiger partial charge in [-0.05, 0) is 39.0 Å². The van der Waals surface area contributed by atoms with Crippen LogP contribution in [-0.2, 0) is 4.79 Å². The summed E-state index contributed by atoms with van der Waals surface area (Å²) in [7, 11) is 4.18. The van der Waals surface area contributed by atoms with Gasteiger partial charge in [0.05, 0.1) is 0 Å². The number of carbonyl (C=O) groups is 1. The van der Waals surface area contributed by atoms with Crippen LogP contribution in [0.3, 0.4) is 0 Å². The molecule has 0 saturated carbocycles. The van der Waals surface area contributed by atoms with Crippen molar-refractivity contribution in [2.45, 2.75) is 24.9 Å². The molecule has 1 aromatic carbocycles. The van der Waals surface area contributed by atoms with Crippen molar-refractivity contribution in [2.75, 3.05) is 27.2 Å². The smallest absolute Gasteiger partial charge is 0.255 e. The predicted molar refractivity (Wildman–Crippen MR) is 79.8 cm³/mol. The van der Waals surface area contributed by atoms with Crippen molar-refractivity contribution >= 4 is 5.91 Å². The lowest BCUT2D eigenvalue weighted by Gasteiger charge is -2.39. The van der Waals surface area contributed by atoms with Crippen LogP contribution in [0.25, 0.3) is 0 Å². The van der Waals surface area contributed by atoms with Gasteiger partial charge < -0.3 is 4.90 Å². The first-order valence-corrected chi connectivity index (χ1v) is 7.09. The third kappa shape index (κ3) is 3.36. The summed E-state index contributed by atoms with van der Waals surface area (Å²) in [6.07, 6.45) is 2.28. The van der Waals surface area contributed by atoms with Gasteiger partial charge in [-0.25, -0.2) is 5.84 Å². The Kier molecular flexibility index (Phi) is 5.11. The molecule has 1 fully saturated rings. The fraction of sp³-hybridized carbons (Fsp3) is 0.533. The lowest BCUT2D eigenvalue weighted by molar-refractivity contribution is -0.127. The minimum Gasteiger partial charge on any atom is -0.305 e. The van der Waals surface area contributed by atoms with E-state index in [4.69, 9.17) is 5.84 Å². The highest BCUT2D eigenvalue weighted by molar-refractivity contribution is 5.82. The maximum absolute atomic E-state index is 12.2. The molecule has 1 amide bonds. The van der Waals surface area contributed by atoms with Crippen LogP contribution in [0.1, 0.15) is 24.4 Å². The zero-order valence-electron chi connectivity index (χ0n) is 12.2. The molecule has 0 bridgehead atoms. The molecule has 2 unspecified atom stereocenters. The average molecular weight is 276 g/mol. The highest BCUT2D eigenvalue weighted by Crippen LogP contribution is 2.25. The SMILES string of the molecule is CN(C)C1CCCN(C(C(=O)NN)c2ccccc2)C1. The number of likely N-dealkylation sites (N-methyl/N-ethyl adjacent to an activating group) is 1. The quantitative estimate of drug-likeness (QED) is 0.484. The molecule has 1 aromatic rings. The number of hydrazine groups is 1. The normalized spacial score (nSPS) is 21.7. The van der Waals surface area contributed by atoms with E-state index in [0.717, 1.165) is 25.1 Å². The van der Waals surface area contributed by atoms with Crippen LogP contribution >= 0.6 is 0 Å². The Morgan fingerprint density at radius 2 is 2.10 bits per heavy atom. The second-order valence-corrected chi connectivity index (χ2v) is 5.58. The van der Waals surface area contributed by atoms with Crippen molar-refractivity contribution < 1.29 is 4.79 Å². The second kappa shape index (κ2) is 6.83. The summed E-state index contributed by atoms with van der Waals surface area (Å²) in [6.45, 7) is 1.82. The predicted octanol–water partition coefficient (Wildman–Crippen LogP) is 0.744. The van der Waals surface area contributed by atoms with Crippen molar-refractivity contribution in [1.82, 2.24) is 15.2 Å². The summed E-state index contributed by atoms with van der Waals surface area (Å²) < 4.78 is 0. The molecular formula is C15H24N4O. The number of likely N-dealkylation sites (tertiary alicyclic amines) is 1. The number of hydrogen-bond donors (Lipinski definition) is 2. The van der Waals surface area contributed by atoms with Crippen molar-refractivity contribution in [3.63, 3.8) is 0 Å². The minimum absolute atomic E-state index is 0.143. The third-order valence-corrected chi connectivity index (χ3v) is 4.03. The molecule has 5 nitrogen and oxygen atoms in total. The Balaban J connectivity index is 2.21. The van der Waals surface area contributed by atoms with Crippen molar-refractivity contribution in [1.29, 1.82) is 0 Å². The van der Waals surface area contributed by atoms with Crippen molar-refractivity contribution in [3.05, 3.63) is 35.9 Å². The summed E-state index contributed by atoms with van der Waals surface area (Å²) in [4.78, 5) is 16.7. The van der Waals surface area contributed by atoms with E-state index < -0.39 is 0 Å². The fourth-order valence-electron chi connectivity index (χ4n) is 2.88. The van der Waals surface area contributed by atoms with Crippen LogP contribution in [0.2, 0.25) is 0 Å². The van der Waals surface area contributed by atoms with E-state index in [-0.39, 0.29) is 11.9 Å². The molecule has 1 aliphatic heterocycles. The first-order chi connectivity index (χ1) is 9.63. The summed E-state index contributed by atoms with van der Waals surface area (Å²) >= 11 is 0. The number of nitrogens with one attached hydrogen (secondary N) is 1. The van der Waals surface area contributed by atoms with Crippen molar-refractivity contribution in [3.8, 4) is 0 Å². The van der Waals surface area contributed by atoms with Gasteiger partial charge in [-0.3, -0.25) is 15.1 Å². The van der Waals surface area contributed by atoms with Crippen LogP contribution in [0.4, 0.5) is 0 Å². The zero-order valence-corrected chi connectivity index (χ0v) is 12.2. The Labute approximate surface area is 120 Å². The van der Waals surface area contributed by atoms with Crippen LogP contribution < -0.4 is 11.3 Å². The Morgan fingerprint density at radius 1 is 1.40 bits per heavy atom. The van der Waals surface area contributed by atoms with E-state index in [0.29, 0.717) is 6.04 Å². The van der Waals surface area contributed by atoms with Gasteiger partial charge in [0, 0.05) is 12.6 Å². The van der Waals surface area contributed by atoms with Gasteiger partial charge in [0.2, 0.25) is 0 Å². The number of rotatable bonds is 4. The molecule has 0 spiro atoms. The van der Waals surface area contributed by atoms with Gasteiger partial charge in [-0.1, -0.05) is 30.3 Å². The molecule has 1 saturated heterocycles. The lowest BCUT2D eigenvalue weighted by Crippen LogP contribution is -2.50. The first kappa shape index (κ1) is 15.0. The number of nitrogens with zero attached hydrogens (tertiary/aromatic N) is 2. The summed E-state index contributed by atoms with van der Waals surface area (Å²) in [5.74, 6) is 5.23. The molecule has 3 N–H and O–H groups in total. The van der Waals surface area contributed by atoms with Crippen LogP contribution in [-0.4, -0.2) is 48.9 Å². The maximum atomic E-state index is 12.2. The largest absolute Gasteiger partial charge is 0.305 e. The Hall–Kier alpha value is -1.43. The third-order valence-electron chi connectivity index (χ3n) is 4.03. The molecule has 20 heavy (non-hydrogen) atoms. The molecule has 1 heterocycles. The van der Waals surface area contributed by atoms with Gasteiger partial charge in [0.25, 0.3) is 5.91 Å². The number of piperidine rings is 1. The van der Waals surface area contributed by atoms with Gasteiger partial charge in [-0.2, -0.15) is 0 Å². The standard InChI is InChI=1S/C15H24N4O/c1-18(2)13-9-6-10-19(11-13)14(15(20)17-16)12-7-4-3-5-8-12/h3-5,7-8,13-14H,6,9-11,16H2,1-2H3,(H,17,20). The van der Waals surface area contributed by atoms with Gasteiger partial charge in [0.1, 0.15) is 6.04 Å². The van der Waals surface area contributed by atoms with E-state index in [1.807, 2.05) is 30.3 Å². The molecule has 2 rings (SSSR count). The number of benzene rings is 1. The fourth-order valence-corrected chi connectivity index (χ4v) is 2.88. The second-order valence-electron chi connectivity index (χ2n) is 5.58. The monoisotopic (exact) mass is 276 g/mol. The Morgan fingerprint density at radius 3 is 2.70 bits per heavy atom. The highest BCUT2D eigenvalue weighted by atomic mass is 16.2. The summed E-state index contributed by atoms with van der Waals surface area (Å²) in [5.41, 5.74) is 3.31. The van der Waals surface area contributed by atoms with E-state index >= 15 is 0 Å². The minimum atomic E-state index is -0.302. The molecule has 0 aromatic heterocycles. The van der Waals surface area contributed by atoms with E-state index in [2.05, 4.69) is 29.3 Å². The molecule has 0 aliphatic carbocycles. The molecule has 5 heteroatoms. The Bertz CT molecular complexity index is 435. The van der Waals surface area contributed by atoms with Gasteiger partial charge >= 0.3 is 0 Å². The van der Waals surface area contributed by atoms with Gasteiger partial charge in [-0.15, -0.1) is 0 Å². The maximum Gasteiger partial charge on any atom is 0.255 e. The summed E-state index contributed by atoms with van der Waals surface area (Å²) in [6, 6.07) is 10.0. The lowest BCUT2D eigenvalue weighted by atomic mass is 9.98. The van der Waals surface area contributed by atoms with Crippen LogP contribution in [0, 0.1) is 0 Å². The first-order valence-electron chi connectivity index (χ1n) is 7.09. The summed E-state index contributed by atoms with van der Waals surface area (Å²) in [5, 5.41) is 0. The number of amides is 1. The van der Waals surface area contributed by atoms with Crippen LogP contribution in [0.15, 0.2) is 30.3 Å². The zero-order chi connectivity index (χ0) is 14.5. The molecular weight excluding hydrogens is 252 g/mol. The molecule has 110 valence electrons. The van der Waals surface area contributed by atoms with E-state index in [1.54, 1.807) is 0 Å². The van der Waals surface area contributed by atoms with E-state index in [1.165, 1.54) is 6.42 Å². The topological polar surface area (TPSA) is 61.6 Å². The van der Waals surface area contributed by atoms with Crippen LogP contribution in [0.5, 0.6) is 0 Å². The highest BCUT2D eigenvalue weighted by Gasteiger charge is 2.31. The molecule has 0 radical (unpaired) electrons. The van der Waals surface area contributed by atoms with Crippen molar-refractivity contribution in [2.24, 2.45) is 5.84 Å². The number of nitrogens with two attached hydrogens (primary N) is 1. The average Bonchev–Trinajstić information content (AvgIpc) is 2.48. The number of hydrogen-bond acceptors (Lipinski definition) is 4. The van der Waals surface area contributed by atoms with E-state index in [9.17, 15) is 4.79 Å². The molecule has 2 atom stereocenters. The van der Waals surface area contributed by atoms with Gasteiger partial charge in [0.15, 0.2) is 0 Å². The number of carbonyl (C=O) groups excluding carboxylic acids is 1.